The van der Waals surface area contributed by atoms with Crippen LogP contribution in [0.15, 0.2) is 53.4 Å². The first-order valence-electron chi connectivity index (χ1n) is 10.4. The molecule has 1 amide bonds. The summed E-state index contributed by atoms with van der Waals surface area (Å²) in [6, 6.07) is 11.9. The van der Waals surface area contributed by atoms with Gasteiger partial charge in [-0.05, 0) is 55.2 Å². The second-order valence-corrected chi connectivity index (χ2v) is 9.49. The molecule has 32 heavy (non-hydrogen) atoms. The van der Waals surface area contributed by atoms with E-state index in [1.165, 1.54) is 12.1 Å². The first-order valence-corrected chi connectivity index (χ1v) is 12.0. The van der Waals surface area contributed by atoms with E-state index in [4.69, 9.17) is 10.5 Å². The summed E-state index contributed by atoms with van der Waals surface area (Å²) >= 11 is 0. The van der Waals surface area contributed by atoms with Crippen molar-refractivity contribution in [2.24, 2.45) is 5.73 Å². The van der Waals surface area contributed by atoms with Crippen LogP contribution >= 0.6 is 0 Å². The van der Waals surface area contributed by atoms with Crippen LogP contribution in [0.2, 0.25) is 0 Å². The highest BCUT2D eigenvalue weighted by atomic mass is 32.2. The lowest BCUT2D eigenvalue weighted by atomic mass is 9.85. The average molecular weight is 459 g/mol. The Morgan fingerprint density at radius 1 is 1.12 bits per heavy atom. The Labute approximate surface area is 190 Å². The first-order chi connectivity index (χ1) is 15.2. The third-order valence-electron chi connectivity index (χ3n) is 5.61. The van der Waals surface area contributed by atoms with Gasteiger partial charge in [-0.1, -0.05) is 44.0 Å². The molecule has 0 saturated heterocycles. The number of hydroxylamine groups is 2. The largest absolute Gasteiger partial charge is 0.481 e. The number of carbonyl (C=O) groups is 1. The van der Waals surface area contributed by atoms with Crippen LogP contribution in [0.25, 0.3) is 0 Å². The highest BCUT2D eigenvalue weighted by molar-refractivity contribution is 7.91. The van der Waals surface area contributed by atoms with Gasteiger partial charge in [-0.3, -0.25) is 10.0 Å². The lowest BCUT2D eigenvalue weighted by molar-refractivity contribution is -0.158. The number of ether oxygens (including phenoxy) is 1. The van der Waals surface area contributed by atoms with Crippen molar-refractivity contribution in [3.05, 3.63) is 59.7 Å². The molecule has 0 fully saturated rings. The normalized spacial score (nSPS) is 12.4. The maximum absolute atomic E-state index is 13.0. The van der Waals surface area contributed by atoms with Crippen molar-refractivity contribution < 1.29 is 23.2 Å². The Balaban J connectivity index is 2.28. The van der Waals surface area contributed by atoms with E-state index < -0.39 is 27.2 Å². The first kappa shape index (κ1) is 25.4. The van der Waals surface area contributed by atoms with E-state index in [-0.39, 0.29) is 17.9 Å². The van der Waals surface area contributed by atoms with E-state index >= 15 is 0 Å². The molecule has 0 aliphatic rings. The molecule has 2 aromatic rings. The molecule has 0 aromatic heterocycles. The molecule has 8 heteroatoms. The Morgan fingerprint density at radius 2 is 1.72 bits per heavy atom. The molecule has 0 saturated carbocycles. The minimum atomic E-state index is -3.82. The summed E-state index contributed by atoms with van der Waals surface area (Å²) in [4.78, 5) is 11.3. The molecule has 0 radical (unpaired) electrons. The van der Waals surface area contributed by atoms with E-state index in [9.17, 15) is 18.4 Å². The molecule has 172 valence electrons. The SMILES string of the molecule is CC#CCOc1ccc(S(=O)(=O)CC(c2ccc(C(N)(CC)CC)cc2)N(O)C=O)cc1. The molecule has 0 aliphatic carbocycles. The second kappa shape index (κ2) is 11.1. The molecule has 3 N–H and O–H groups in total. The molecular weight excluding hydrogens is 428 g/mol. The third-order valence-corrected chi connectivity index (χ3v) is 7.35. The molecule has 2 aromatic carbocycles. The van der Waals surface area contributed by atoms with Gasteiger partial charge in [-0.15, -0.1) is 5.92 Å². The Kier molecular flexibility index (Phi) is 8.84. The average Bonchev–Trinajstić information content (AvgIpc) is 2.82. The zero-order valence-electron chi connectivity index (χ0n) is 18.6. The lowest BCUT2D eigenvalue weighted by Crippen LogP contribution is -2.35. The van der Waals surface area contributed by atoms with Gasteiger partial charge in [-0.25, -0.2) is 13.5 Å². The molecule has 0 heterocycles. The predicted molar refractivity (Wildman–Crippen MR) is 123 cm³/mol. The maximum atomic E-state index is 13.0. The van der Waals surface area contributed by atoms with Gasteiger partial charge in [0.15, 0.2) is 9.84 Å². The van der Waals surface area contributed by atoms with E-state index in [0.29, 0.717) is 16.4 Å². The zero-order valence-corrected chi connectivity index (χ0v) is 19.4. The number of nitrogens with two attached hydrogens (primary N) is 1. The summed E-state index contributed by atoms with van der Waals surface area (Å²) in [7, 11) is -3.82. The number of hydrogen-bond donors (Lipinski definition) is 2. The second-order valence-electron chi connectivity index (χ2n) is 7.45. The Morgan fingerprint density at radius 3 is 2.22 bits per heavy atom. The van der Waals surface area contributed by atoms with Crippen LogP contribution in [-0.4, -0.2) is 37.5 Å². The molecule has 7 nitrogen and oxygen atoms in total. The molecular formula is C24H30N2O5S. The molecule has 0 bridgehead atoms. The standard InChI is InChI=1S/C24H30N2O5S/c1-4-7-16-31-21-12-14-22(15-13-21)32(29,30)17-23(26(28)18-27)19-8-10-20(11-9-19)24(25,5-2)6-3/h8-15,18,23,28H,5-6,16-17,25H2,1-3H3. The topological polar surface area (TPSA) is 110 Å². The minimum Gasteiger partial charge on any atom is -0.481 e. The smallest absolute Gasteiger partial charge is 0.233 e. The van der Waals surface area contributed by atoms with Gasteiger partial charge in [0.05, 0.1) is 16.7 Å². The van der Waals surface area contributed by atoms with E-state index in [1.54, 1.807) is 31.2 Å². The number of hydrogen-bond acceptors (Lipinski definition) is 6. The predicted octanol–water partition coefficient (Wildman–Crippen LogP) is 3.43. The summed E-state index contributed by atoms with van der Waals surface area (Å²) in [6.07, 6.45) is 1.68. The molecule has 2 rings (SSSR count). The van der Waals surface area contributed by atoms with Crippen molar-refractivity contribution in [3.63, 3.8) is 0 Å². The lowest BCUT2D eigenvalue weighted by Gasteiger charge is -2.28. The van der Waals surface area contributed by atoms with Crippen LogP contribution in [0, 0.1) is 11.8 Å². The summed E-state index contributed by atoms with van der Waals surface area (Å²) in [5.74, 6) is 5.48. The summed E-state index contributed by atoms with van der Waals surface area (Å²) in [6.45, 7) is 5.91. The number of carbonyl (C=O) groups excluding carboxylic acids is 1. The Hall–Kier alpha value is -2.86. The van der Waals surface area contributed by atoms with Crippen LogP contribution in [0.4, 0.5) is 0 Å². The summed E-state index contributed by atoms with van der Waals surface area (Å²) in [5, 5.41) is 10.5. The fourth-order valence-electron chi connectivity index (χ4n) is 3.33. The fourth-order valence-corrected chi connectivity index (χ4v) is 4.84. The van der Waals surface area contributed by atoms with Crippen molar-refractivity contribution in [1.82, 2.24) is 5.06 Å². The molecule has 0 spiro atoms. The highest BCUT2D eigenvalue weighted by Crippen LogP contribution is 2.29. The van der Waals surface area contributed by atoms with Crippen molar-refractivity contribution in [3.8, 4) is 17.6 Å². The number of nitrogens with zero attached hydrogens (tertiary/aromatic N) is 1. The van der Waals surface area contributed by atoms with Crippen molar-refractivity contribution in [1.29, 1.82) is 0 Å². The molecule has 0 aliphatic heterocycles. The van der Waals surface area contributed by atoms with Crippen molar-refractivity contribution in [2.45, 2.75) is 50.1 Å². The van der Waals surface area contributed by atoms with Gasteiger partial charge < -0.3 is 10.5 Å². The third kappa shape index (κ3) is 6.10. The molecule has 1 unspecified atom stereocenters. The van der Waals surface area contributed by atoms with Gasteiger partial charge >= 0.3 is 0 Å². The number of rotatable bonds is 11. The Bertz CT molecular complexity index is 1050. The van der Waals surface area contributed by atoms with Gasteiger partial charge in [-0.2, -0.15) is 0 Å². The quantitative estimate of drug-likeness (QED) is 0.231. The highest BCUT2D eigenvalue weighted by Gasteiger charge is 2.28. The van der Waals surface area contributed by atoms with Gasteiger partial charge in [0.25, 0.3) is 0 Å². The monoisotopic (exact) mass is 458 g/mol. The number of benzene rings is 2. The fraction of sp³-hybridized carbons (Fsp3) is 0.375. The van der Waals surface area contributed by atoms with Crippen LogP contribution < -0.4 is 10.5 Å². The van der Waals surface area contributed by atoms with Crippen molar-refractivity contribution in [2.75, 3.05) is 12.4 Å². The van der Waals surface area contributed by atoms with E-state index in [0.717, 1.165) is 18.4 Å². The van der Waals surface area contributed by atoms with E-state index in [1.807, 2.05) is 26.0 Å². The zero-order chi connectivity index (χ0) is 23.8. The number of sulfone groups is 1. The summed E-state index contributed by atoms with van der Waals surface area (Å²) < 4.78 is 31.4. The van der Waals surface area contributed by atoms with Gasteiger partial charge in [0.1, 0.15) is 12.4 Å². The van der Waals surface area contributed by atoms with E-state index in [2.05, 4.69) is 11.8 Å². The molecule has 1 atom stereocenters. The van der Waals surface area contributed by atoms with Crippen LogP contribution in [0.1, 0.15) is 50.8 Å². The van der Waals surface area contributed by atoms with Crippen LogP contribution in [0.3, 0.4) is 0 Å². The van der Waals surface area contributed by atoms with Crippen LogP contribution in [0.5, 0.6) is 5.75 Å². The van der Waals surface area contributed by atoms with Gasteiger partial charge in [0, 0.05) is 5.54 Å². The number of amides is 1. The summed E-state index contributed by atoms with van der Waals surface area (Å²) in [5.41, 5.74) is 7.33. The maximum Gasteiger partial charge on any atom is 0.233 e. The van der Waals surface area contributed by atoms with Crippen LogP contribution in [-0.2, 0) is 20.2 Å². The van der Waals surface area contributed by atoms with Crippen molar-refractivity contribution >= 4 is 16.2 Å². The van der Waals surface area contributed by atoms with Gasteiger partial charge in [0.2, 0.25) is 6.41 Å². The minimum absolute atomic E-state index is 0.0604.